The molecule has 2 heterocycles. The zero-order chi connectivity index (χ0) is 13.3. The maximum absolute atomic E-state index is 11.5. The summed E-state index contributed by atoms with van der Waals surface area (Å²) in [4.78, 5) is 18.0. The van der Waals surface area contributed by atoms with Crippen molar-refractivity contribution in [3.05, 3.63) is 10.0 Å². The molecule has 2 atom stereocenters. The van der Waals surface area contributed by atoms with Crippen LogP contribution < -0.4 is 4.90 Å². The van der Waals surface area contributed by atoms with Crippen LogP contribution in [0.25, 0.3) is 0 Å². The molecule has 100 valence electrons. The van der Waals surface area contributed by atoms with Gasteiger partial charge in [-0.05, 0) is 12.3 Å². The van der Waals surface area contributed by atoms with E-state index in [1.807, 2.05) is 4.90 Å². The second-order valence-electron chi connectivity index (χ2n) is 4.32. The van der Waals surface area contributed by atoms with E-state index >= 15 is 0 Å². The lowest BCUT2D eigenvalue weighted by Gasteiger charge is -2.24. The van der Waals surface area contributed by atoms with Crippen LogP contribution >= 0.6 is 22.9 Å². The standard InChI is InChI=1S/C11H15ClN2O3S/c1-6-3-4-14(7(6)5-15)11-13-9(12)8(18-11)10(16)17-2/h6-7,15H,3-5H2,1-2H3. The lowest BCUT2D eigenvalue weighted by Crippen LogP contribution is -2.35. The van der Waals surface area contributed by atoms with Crippen molar-refractivity contribution in [2.45, 2.75) is 19.4 Å². The molecule has 1 N–H and O–H groups in total. The van der Waals surface area contributed by atoms with Crippen LogP contribution in [0.3, 0.4) is 0 Å². The van der Waals surface area contributed by atoms with Crippen LogP contribution in [0.15, 0.2) is 0 Å². The number of hydrogen-bond acceptors (Lipinski definition) is 6. The van der Waals surface area contributed by atoms with Gasteiger partial charge in [0.2, 0.25) is 0 Å². The highest BCUT2D eigenvalue weighted by atomic mass is 35.5. The Kier molecular flexibility index (Phi) is 4.09. The normalized spacial score (nSPS) is 23.4. The number of anilines is 1. The lowest BCUT2D eigenvalue weighted by molar-refractivity contribution is 0.0606. The largest absolute Gasteiger partial charge is 0.465 e. The molecule has 0 radical (unpaired) electrons. The molecular weight excluding hydrogens is 276 g/mol. The number of carbonyl (C=O) groups excluding carboxylic acids is 1. The summed E-state index contributed by atoms with van der Waals surface area (Å²) in [5.74, 6) is -0.0733. The number of hydrogen-bond donors (Lipinski definition) is 1. The molecule has 1 saturated heterocycles. The quantitative estimate of drug-likeness (QED) is 0.860. The summed E-state index contributed by atoms with van der Waals surface area (Å²) in [6, 6.07) is 0.0395. The summed E-state index contributed by atoms with van der Waals surface area (Å²) < 4.78 is 4.65. The van der Waals surface area contributed by atoms with Crippen molar-refractivity contribution in [1.82, 2.24) is 4.98 Å². The molecular formula is C11H15ClN2O3S. The van der Waals surface area contributed by atoms with Crippen molar-refractivity contribution in [3.8, 4) is 0 Å². The third-order valence-electron chi connectivity index (χ3n) is 3.26. The fourth-order valence-electron chi connectivity index (χ4n) is 2.16. The van der Waals surface area contributed by atoms with E-state index in [2.05, 4.69) is 16.6 Å². The maximum Gasteiger partial charge on any atom is 0.351 e. The zero-order valence-electron chi connectivity index (χ0n) is 10.2. The van der Waals surface area contributed by atoms with E-state index in [-0.39, 0.29) is 17.8 Å². The topological polar surface area (TPSA) is 62.7 Å². The SMILES string of the molecule is COC(=O)c1sc(N2CCC(C)C2CO)nc1Cl. The molecule has 0 bridgehead atoms. The van der Waals surface area contributed by atoms with E-state index in [1.54, 1.807) is 0 Å². The predicted molar refractivity (Wildman–Crippen MR) is 70.5 cm³/mol. The number of methoxy groups -OCH3 is 1. The lowest BCUT2D eigenvalue weighted by atomic mass is 10.0. The van der Waals surface area contributed by atoms with Gasteiger partial charge in [-0.1, -0.05) is 29.9 Å². The van der Waals surface area contributed by atoms with Crippen molar-refractivity contribution in [3.63, 3.8) is 0 Å². The Balaban J connectivity index is 2.27. The summed E-state index contributed by atoms with van der Waals surface area (Å²) in [7, 11) is 1.31. The molecule has 0 aromatic carbocycles. The Morgan fingerprint density at radius 3 is 3.06 bits per heavy atom. The summed E-state index contributed by atoms with van der Waals surface area (Å²) in [5, 5.41) is 10.2. The molecule has 1 aromatic rings. The molecule has 0 saturated carbocycles. The number of ether oxygens (including phenoxy) is 1. The molecule has 1 fully saturated rings. The highest BCUT2D eigenvalue weighted by Crippen LogP contribution is 2.35. The van der Waals surface area contributed by atoms with Gasteiger partial charge in [-0.15, -0.1) is 0 Å². The molecule has 0 aliphatic carbocycles. The first-order valence-corrected chi connectivity index (χ1v) is 6.90. The van der Waals surface area contributed by atoms with Gasteiger partial charge in [0.25, 0.3) is 0 Å². The van der Waals surface area contributed by atoms with E-state index in [9.17, 15) is 9.90 Å². The molecule has 7 heteroatoms. The minimum Gasteiger partial charge on any atom is -0.465 e. The van der Waals surface area contributed by atoms with Gasteiger partial charge in [-0.3, -0.25) is 0 Å². The van der Waals surface area contributed by atoms with Crippen molar-refractivity contribution >= 4 is 34.0 Å². The number of thiazole rings is 1. The Hall–Kier alpha value is -0.850. The van der Waals surface area contributed by atoms with Gasteiger partial charge in [0, 0.05) is 6.54 Å². The Labute approximate surface area is 114 Å². The molecule has 1 aromatic heterocycles. The first-order chi connectivity index (χ1) is 8.58. The van der Waals surface area contributed by atoms with E-state index in [1.165, 1.54) is 18.4 Å². The van der Waals surface area contributed by atoms with Gasteiger partial charge >= 0.3 is 5.97 Å². The number of aromatic nitrogens is 1. The Morgan fingerprint density at radius 1 is 1.72 bits per heavy atom. The van der Waals surface area contributed by atoms with Gasteiger partial charge in [-0.2, -0.15) is 0 Å². The van der Waals surface area contributed by atoms with Crippen LogP contribution in [0.5, 0.6) is 0 Å². The number of nitrogens with zero attached hydrogens (tertiary/aromatic N) is 2. The van der Waals surface area contributed by atoms with Crippen molar-refractivity contribution < 1.29 is 14.6 Å². The van der Waals surface area contributed by atoms with Crippen LogP contribution in [0, 0.1) is 5.92 Å². The predicted octanol–water partition coefficient (Wildman–Crippen LogP) is 1.79. The van der Waals surface area contributed by atoms with Crippen molar-refractivity contribution in [1.29, 1.82) is 0 Å². The van der Waals surface area contributed by atoms with E-state index < -0.39 is 5.97 Å². The first-order valence-electron chi connectivity index (χ1n) is 5.70. The minimum absolute atomic E-state index is 0.0395. The average molecular weight is 291 g/mol. The molecule has 1 aliphatic heterocycles. The second-order valence-corrected chi connectivity index (χ2v) is 5.65. The minimum atomic E-state index is -0.475. The summed E-state index contributed by atoms with van der Waals surface area (Å²) in [6.45, 7) is 2.99. The molecule has 18 heavy (non-hydrogen) atoms. The summed E-state index contributed by atoms with van der Waals surface area (Å²) in [6.07, 6.45) is 0.996. The number of rotatable bonds is 3. The van der Waals surface area contributed by atoms with Crippen LogP contribution in [0.4, 0.5) is 5.13 Å². The van der Waals surface area contributed by atoms with Crippen LogP contribution in [0.2, 0.25) is 5.15 Å². The third-order valence-corrected chi connectivity index (χ3v) is 4.72. The second kappa shape index (κ2) is 5.42. The molecule has 5 nitrogen and oxygen atoms in total. The van der Waals surface area contributed by atoms with Crippen molar-refractivity contribution in [2.75, 3.05) is 25.2 Å². The number of halogens is 1. The monoisotopic (exact) mass is 290 g/mol. The zero-order valence-corrected chi connectivity index (χ0v) is 11.8. The molecule has 2 unspecified atom stereocenters. The van der Waals surface area contributed by atoms with Crippen molar-refractivity contribution in [2.24, 2.45) is 5.92 Å². The summed E-state index contributed by atoms with van der Waals surface area (Å²) in [5.41, 5.74) is 0. The highest BCUT2D eigenvalue weighted by molar-refractivity contribution is 7.18. The van der Waals surface area contributed by atoms with Crippen LogP contribution in [-0.4, -0.2) is 42.4 Å². The maximum atomic E-state index is 11.5. The van der Waals surface area contributed by atoms with Gasteiger partial charge in [-0.25, -0.2) is 9.78 Å². The van der Waals surface area contributed by atoms with E-state index in [0.29, 0.717) is 15.9 Å². The number of carbonyl (C=O) groups is 1. The number of aliphatic hydroxyl groups is 1. The van der Waals surface area contributed by atoms with Gasteiger partial charge in [0.15, 0.2) is 15.2 Å². The van der Waals surface area contributed by atoms with Gasteiger partial charge < -0.3 is 14.7 Å². The smallest absolute Gasteiger partial charge is 0.351 e. The summed E-state index contributed by atoms with van der Waals surface area (Å²) >= 11 is 7.14. The van der Waals surface area contributed by atoms with E-state index in [4.69, 9.17) is 11.6 Å². The third kappa shape index (κ3) is 2.32. The Morgan fingerprint density at radius 2 is 2.44 bits per heavy atom. The average Bonchev–Trinajstić information content (AvgIpc) is 2.91. The molecule has 2 rings (SSSR count). The molecule has 0 spiro atoms. The Bertz CT molecular complexity index is 451. The van der Waals surface area contributed by atoms with Crippen LogP contribution in [-0.2, 0) is 4.74 Å². The fourth-order valence-corrected chi connectivity index (χ4v) is 3.44. The van der Waals surface area contributed by atoms with E-state index in [0.717, 1.165) is 13.0 Å². The molecule has 0 amide bonds. The van der Waals surface area contributed by atoms with Gasteiger partial charge in [0.1, 0.15) is 0 Å². The number of aliphatic hydroxyl groups excluding tert-OH is 1. The van der Waals surface area contributed by atoms with Crippen LogP contribution in [0.1, 0.15) is 23.0 Å². The fraction of sp³-hybridized carbons (Fsp3) is 0.636. The molecule has 1 aliphatic rings. The number of esters is 1. The van der Waals surface area contributed by atoms with Gasteiger partial charge in [0.05, 0.1) is 19.8 Å². The highest BCUT2D eigenvalue weighted by Gasteiger charge is 2.33. The first kappa shape index (κ1) is 13.6.